The van der Waals surface area contributed by atoms with Gasteiger partial charge in [0.05, 0.1) is 10.5 Å². The van der Waals surface area contributed by atoms with Crippen molar-refractivity contribution in [3.05, 3.63) is 51.5 Å². The normalized spacial score (nSPS) is 18.9. The summed E-state index contributed by atoms with van der Waals surface area (Å²) in [6.45, 7) is 0.811. The van der Waals surface area contributed by atoms with Crippen molar-refractivity contribution >= 4 is 17.5 Å². The van der Waals surface area contributed by atoms with E-state index in [1.165, 1.54) is 0 Å². The fourth-order valence-electron chi connectivity index (χ4n) is 3.70. The lowest BCUT2D eigenvalue weighted by molar-refractivity contribution is -0.384. The van der Waals surface area contributed by atoms with Crippen LogP contribution in [0, 0.1) is 27.8 Å². The van der Waals surface area contributed by atoms with Crippen LogP contribution in [0.25, 0.3) is 0 Å². The molecule has 12 heteroatoms. The van der Waals surface area contributed by atoms with E-state index in [1.54, 1.807) is 0 Å². The van der Waals surface area contributed by atoms with Crippen molar-refractivity contribution < 1.29 is 22.5 Å². The molecule has 1 fully saturated rings. The maximum atomic E-state index is 13.9. The van der Waals surface area contributed by atoms with Crippen molar-refractivity contribution in [3.63, 3.8) is 0 Å². The largest absolute Gasteiger partial charge is 0.416 e. The lowest BCUT2D eigenvalue weighted by Gasteiger charge is -2.27. The number of nitrogens with one attached hydrogen (secondary N) is 2. The highest BCUT2D eigenvalue weighted by Gasteiger charge is 2.31. The van der Waals surface area contributed by atoms with Crippen molar-refractivity contribution in [1.82, 2.24) is 9.97 Å². The third-order valence-electron chi connectivity index (χ3n) is 5.63. The van der Waals surface area contributed by atoms with E-state index in [-0.39, 0.29) is 29.6 Å². The molecule has 1 heterocycles. The monoisotopic (exact) mass is 456 g/mol. The fourth-order valence-corrected chi connectivity index (χ4v) is 3.70. The molecule has 174 valence electrons. The number of nitrogens with two attached hydrogens (primary N) is 1. The minimum absolute atomic E-state index is 0.00189. The van der Waals surface area contributed by atoms with Gasteiger partial charge in [-0.1, -0.05) is 0 Å². The number of nitrogens with zero attached hydrogens (tertiary/aromatic N) is 3. The minimum atomic E-state index is -4.60. The minimum Gasteiger partial charge on any atom is -0.364 e. The highest BCUT2D eigenvalue weighted by atomic mass is 19.4. The van der Waals surface area contributed by atoms with E-state index in [9.17, 15) is 27.7 Å². The molecule has 0 amide bonds. The molecule has 0 radical (unpaired) electrons. The first kappa shape index (κ1) is 23.6. The standard InChI is InChI=1S/C20H24F4N6O2/c21-16-6-5-15(20(22,23)24)7-14(16)10-27-19-28-11-17(30(31)32)18(29-19)26-9-13-3-1-12(8-25)2-4-13/h5-7,11-13H,1-4,8-10,25H2,(H2,26,27,28,29). The Morgan fingerprint density at radius 2 is 1.84 bits per heavy atom. The number of halogens is 4. The van der Waals surface area contributed by atoms with Crippen molar-refractivity contribution in [2.24, 2.45) is 17.6 Å². The van der Waals surface area contributed by atoms with Gasteiger partial charge in [-0.25, -0.2) is 9.37 Å². The van der Waals surface area contributed by atoms with Crippen LogP contribution in [0.3, 0.4) is 0 Å². The Labute approximate surface area is 181 Å². The molecule has 1 aromatic heterocycles. The molecular formula is C20H24F4N6O2. The van der Waals surface area contributed by atoms with Gasteiger partial charge in [0.25, 0.3) is 0 Å². The van der Waals surface area contributed by atoms with Crippen LogP contribution in [0.4, 0.5) is 35.0 Å². The van der Waals surface area contributed by atoms with E-state index in [2.05, 4.69) is 20.6 Å². The van der Waals surface area contributed by atoms with Gasteiger partial charge in [0.15, 0.2) is 0 Å². The van der Waals surface area contributed by atoms with Crippen molar-refractivity contribution in [2.75, 3.05) is 23.7 Å². The van der Waals surface area contributed by atoms with Gasteiger partial charge in [-0.2, -0.15) is 18.2 Å². The number of hydrogen-bond donors (Lipinski definition) is 3. The van der Waals surface area contributed by atoms with Crippen LogP contribution < -0.4 is 16.4 Å². The van der Waals surface area contributed by atoms with Crippen molar-refractivity contribution in [2.45, 2.75) is 38.4 Å². The van der Waals surface area contributed by atoms with Gasteiger partial charge >= 0.3 is 11.9 Å². The SMILES string of the molecule is NCC1CCC(CNc2nc(NCc3cc(C(F)(F)F)ccc3F)ncc2[N+](=O)[O-])CC1. The molecule has 1 aromatic carbocycles. The molecule has 0 aliphatic heterocycles. The number of alkyl halides is 3. The first-order chi connectivity index (χ1) is 15.2. The summed E-state index contributed by atoms with van der Waals surface area (Å²) in [5.74, 6) is -0.0618. The third kappa shape index (κ3) is 6.02. The first-order valence-corrected chi connectivity index (χ1v) is 10.2. The van der Waals surface area contributed by atoms with E-state index in [1.807, 2.05) is 0 Å². The fraction of sp³-hybridized carbons (Fsp3) is 0.500. The first-order valence-electron chi connectivity index (χ1n) is 10.2. The quantitative estimate of drug-likeness (QED) is 0.307. The summed E-state index contributed by atoms with van der Waals surface area (Å²) in [6, 6.07) is 2.09. The third-order valence-corrected chi connectivity index (χ3v) is 5.63. The molecular weight excluding hydrogens is 432 g/mol. The summed E-state index contributed by atoms with van der Waals surface area (Å²) < 4.78 is 52.5. The van der Waals surface area contributed by atoms with Crippen molar-refractivity contribution in [3.8, 4) is 0 Å². The van der Waals surface area contributed by atoms with Crippen LogP contribution in [0.1, 0.15) is 36.8 Å². The van der Waals surface area contributed by atoms with E-state index in [0.717, 1.165) is 37.9 Å². The highest BCUT2D eigenvalue weighted by molar-refractivity contribution is 5.57. The Hall–Kier alpha value is -3.02. The van der Waals surface area contributed by atoms with Gasteiger partial charge in [0.2, 0.25) is 11.8 Å². The van der Waals surface area contributed by atoms with Gasteiger partial charge in [-0.15, -0.1) is 0 Å². The van der Waals surface area contributed by atoms with E-state index >= 15 is 0 Å². The van der Waals surface area contributed by atoms with Crippen LogP contribution in [-0.4, -0.2) is 28.0 Å². The summed E-state index contributed by atoms with van der Waals surface area (Å²) in [5.41, 5.74) is 4.17. The molecule has 1 saturated carbocycles. The maximum Gasteiger partial charge on any atom is 0.416 e. The second kappa shape index (κ2) is 10.1. The van der Waals surface area contributed by atoms with E-state index < -0.39 is 22.5 Å². The Morgan fingerprint density at radius 1 is 1.16 bits per heavy atom. The lowest BCUT2D eigenvalue weighted by Crippen LogP contribution is -2.25. The van der Waals surface area contributed by atoms with Gasteiger partial charge < -0.3 is 16.4 Å². The average molecular weight is 456 g/mol. The summed E-state index contributed by atoms with van der Waals surface area (Å²) in [5, 5.41) is 16.9. The van der Waals surface area contributed by atoms with Gasteiger partial charge in [0, 0.05) is 18.7 Å². The number of nitro groups is 1. The van der Waals surface area contributed by atoms with Gasteiger partial charge in [-0.05, 0) is 62.3 Å². The van der Waals surface area contributed by atoms with Crippen LogP contribution >= 0.6 is 0 Å². The van der Waals surface area contributed by atoms with Crippen LogP contribution in [-0.2, 0) is 12.7 Å². The number of aromatic nitrogens is 2. The summed E-state index contributed by atoms with van der Waals surface area (Å²) in [7, 11) is 0. The molecule has 0 spiro atoms. The lowest BCUT2D eigenvalue weighted by atomic mass is 9.82. The zero-order valence-corrected chi connectivity index (χ0v) is 17.2. The maximum absolute atomic E-state index is 13.9. The van der Waals surface area contributed by atoms with Crippen LogP contribution in [0.5, 0.6) is 0 Å². The predicted octanol–water partition coefficient (Wildman–Crippen LogP) is 4.33. The molecule has 4 N–H and O–H groups in total. The highest BCUT2D eigenvalue weighted by Crippen LogP contribution is 2.31. The number of hydrogen-bond acceptors (Lipinski definition) is 7. The molecule has 0 bridgehead atoms. The molecule has 32 heavy (non-hydrogen) atoms. The Bertz CT molecular complexity index is 948. The van der Waals surface area contributed by atoms with Crippen LogP contribution in [0.15, 0.2) is 24.4 Å². The number of benzene rings is 1. The number of anilines is 2. The topological polar surface area (TPSA) is 119 Å². The molecule has 8 nitrogen and oxygen atoms in total. The second-order valence-corrected chi connectivity index (χ2v) is 7.85. The van der Waals surface area contributed by atoms with Gasteiger partial charge in [-0.3, -0.25) is 10.1 Å². The predicted molar refractivity (Wildman–Crippen MR) is 110 cm³/mol. The summed E-state index contributed by atoms with van der Waals surface area (Å²) >= 11 is 0. The summed E-state index contributed by atoms with van der Waals surface area (Å²) in [4.78, 5) is 18.6. The zero-order valence-electron chi connectivity index (χ0n) is 17.2. The van der Waals surface area contributed by atoms with E-state index in [4.69, 9.17) is 5.73 Å². The molecule has 3 rings (SSSR count). The zero-order chi connectivity index (χ0) is 23.3. The van der Waals surface area contributed by atoms with E-state index in [0.29, 0.717) is 37.1 Å². The van der Waals surface area contributed by atoms with Gasteiger partial charge in [0.1, 0.15) is 12.0 Å². The summed E-state index contributed by atoms with van der Waals surface area (Å²) in [6.07, 6.45) is 0.313. The molecule has 0 atom stereocenters. The molecule has 0 unspecified atom stereocenters. The molecule has 0 saturated heterocycles. The average Bonchev–Trinajstić information content (AvgIpc) is 2.76. The van der Waals surface area contributed by atoms with Crippen molar-refractivity contribution in [1.29, 1.82) is 0 Å². The number of rotatable bonds is 8. The Balaban J connectivity index is 1.69. The van der Waals surface area contributed by atoms with Crippen LogP contribution in [0.2, 0.25) is 0 Å². The Morgan fingerprint density at radius 3 is 2.47 bits per heavy atom. The Kier molecular flexibility index (Phi) is 7.44. The molecule has 1 aliphatic rings. The smallest absolute Gasteiger partial charge is 0.364 e. The second-order valence-electron chi connectivity index (χ2n) is 7.85. The molecule has 2 aromatic rings. The molecule has 1 aliphatic carbocycles.